The number of aromatic nitrogens is 8. The molecule has 3 N–H and O–H groups in total. The quantitative estimate of drug-likeness (QED) is 0.353. The largest absolute Gasteiger partial charge is 0.380 e. The fourth-order valence-corrected chi connectivity index (χ4v) is 5.90. The Morgan fingerprint density at radius 2 is 2.03 bits per heavy atom. The van der Waals surface area contributed by atoms with E-state index in [9.17, 15) is 4.79 Å². The number of nitrogen functional groups attached to an aromatic ring is 1. The van der Waals surface area contributed by atoms with Gasteiger partial charge in [0.2, 0.25) is 0 Å². The van der Waals surface area contributed by atoms with Gasteiger partial charge in [-0.15, -0.1) is 5.10 Å². The van der Waals surface area contributed by atoms with E-state index in [1.165, 1.54) is 6.33 Å². The molecular formula is C26H18ClN9O2. The Kier molecular flexibility index (Phi) is 4.28. The van der Waals surface area contributed by atoms with Crippen molar-refractivity contribution in [2.24, 2.45) is 5.92 Å². The van der Waals surface area contributed by atoms with Gasteiger partial charge < -0.3 is 19.8 Å². The fraction of sp³-hybridized carbons (Fsp3) is 0.154. The van der Waals surface area contributed by atoms with E-state index in [1.807, 2.05) is 34.9 Å². The van der Waals surface area contributed by atoms with Gasteiger partial charge in [0.25, 0.3) is 5.56 Å². The summed E-state index contributed by atoms with van der Waals surface area (Å²) >= 11 is 6.34. The van der Waals surface area contributed by atoms with Gasteiger partial charge in [0.15, 0.2) is 11.4 Å². The summed E-state index contributed by atoms with van der Waals surface area (Å²) in [5.74, 6) is 1.73. The number of hydrogen-bond acceptors (Lipinski definition) is 8. The molecule has 6 aromatic rings. The van der Waals surface area contributed by atoms with Crippen molar-refractivity contribution in [2.75, 3.05) is 5.73 Å². The lowest BCUT2D eigenvalue weighted by Gasteiger charge is -2.18. The Morgan fingerprint density at radius 3 is 2.89 bits per heavy atom. The summed E-state index contributed by atoms with van der Waals surface area (Å²) in [6.45, 7) is 0. The molecule has 186 valence electrons. The molecule has 1 fully saturated rings. The predicted molar refractivity (Wildman–Crippen MR) is 139 cm³/mol. The van der Waals surface area contributed by atoms with Crippen LogP contribution in [0.3, 0.4) is 0 Å². The van der Waals surface area contributed by atoms with Crippen LogP contribution in [0.25, 0.3) is 39.0 Å². The normalized spacial score (nSPS) is 19.6. The Hall–Kier alpha value is -4.77. The van der Waals surface area contributed by atoms with Crippen LogP contribution in [-0.4, -0.2) is 39.9 Å². The number of H-pyrrole nitrogens is 1. The smallest absolute Gasteiger partial charge is 0.252 e. The molecule has 38 heavy (non-hydrogen) atoms. The number of imidazole rings is 1. The zero-order valence-electron chi connectivity index (χ0n) is 19.6. The van der Waals surface area contributed by atoms with E-state index >= 15 is 0 Å². The molecule has 3 atom stereocenters. The molecule has 0 amide bonds. The van der Waals surface area contributed by atoms with Crippen LogP contribution in [0.4, 0.5) is 5.82 Å². The van der Waals surface area contributed by atoms with Gasteiger partial charge >= 0.3 is 0 Å². The SMILES string of the molecule is Nc1noc2cc(-c3cnc(C4C5CC5c5cc(-c6cc(Cl)ccc6-n6cnnn6)cc(=O)n54)[nH]3)ccc12. The van der Waals surface area contributed by atoms with Gasteiger partial charge in [-0.1, -0.05) is 22.8 Å². The predicted octanol–water partition coefficient (Wildman–Crippen LogP) is 3.96. The highest BCUT2D eigenvalue weighted by atomic mass is 35.5. The van der Waals surface area contributed by atoms with Crippen LogP contribution in [0.5, 0.6) is 0 Å². The molecule has 0 radical (unpaired) electrons. The summed E-state index contributed by atoms with van der Waals surface area (Å²) in [6, 6.07) is 14.7. The minimum atomic E-state index is -0.159. The van der Waals surface area contributed by atoms with Gasteiger partial charge in [0, 0.05) is 33.8 Å². The highest BCUT2D eigenvalue weighted by molar-refractivity contribution is 6.31. The molecule has 2 aromatic carbocycles. The van der Waals surface area contributed by atoms with Gasteiger partial charge in [0.1, 0.15) is 12.2 Å². The molecule has 0 spiro atoms. The first-order valence-corrected chi connectivity index (χ1v) is 12.4. The number of fused-ring (bicyclic) bond motifs is 4. The second kappa shape index (κ2) is 7.62. The average Bonchev–Trinajstić information content (AvgIpc) is 3.35. The first-order valence-electron chi connectivity index (χ1n) is 12.0. The van der Waals surface area contributed by atoms with Gasteiger partial charge in [-0.3, -0.25) is 4.79 Å². The highest BCUT2D eigenvalue weighted by Crippen LogP contribution is 2.60. The first kappa shape index (κ1) is 21.3. The van der Waals surface area contributed by atoms with E-state index in [0.717, 1.165) is 51.4 Å². The van der Waals surface area contributed by atoms with Crippen LogP contribution in [0.15, 0.2) is 70.4 Å². The molecule has 5 heterocycles. The van der Waals surface area contributed by atoms with Crippen molar-refractivity contribution in [3.63, 3.8) is 0 Å². The maximum Gasteiger partial charge on any atom is 0.252 e. The fourth-order valence-electron chi connectivity index (χ4n) is 5.73. The molecule has 1 aliphatic heterocycles. The number of tetrazole rings is 1. The van der Waals surface area contributed by atoms with Crippen LogP contribution >= 0.6 is 11.6 Å². The third-order valence-corrected chi connectivity index (χ3v) is 7.79. The second-order valence-corrected chi connectivity index (χ2v) is 10.1. The van der Waals surface area contributed by atoms with Crippen LogP contribution < -0.4 is 11.3 Å². The molecule has 1 aliphatic carbocycles. The Morgan fingerprint density at radius 1 is 1.11 bits per heavy atom. The van der Waals surface area contributed by atoms with Gasteiger partial charge in [-0.05, 0) is 64.7 Å². The number of rotatable bonds is 4. The maximum atomic E-state index is 13.6. The molecule has 0 bridgehead atoms. The van der Waals surface area contributed by atoms with Crippen molar-refractivity contribution in [2.45, 2.75) is 18.4 Å². The summed E-state index contributed by atoms with van der Waals surface area (Å²) in [6.07, 6.45) is 4.31. The lowest BCUT2D eigenvalue weighted by molar-refractivity contribution is 0.460. The van der Waals surface area contributed by atoms with Gasteiger partial charge in [0.05, 0.1) is 29.0 Å². The van der Waals surface area contributed by atoms with Gasteiger partial charge in [-0.2, -0.15) is 4.68 Å². The maximum absolute atomic E-state index is 13.6. The van der Waals surface area contributed by atoms with Crippen molar-refractivity contribution in [3.05, 3.63) is 87.9 Å². The number of benzene rings is 2. The molecule has 11 nitrogen and oxygen atoms in total. The number of hydrogen-bond donors (Lipinski definition) is 2. The highest BCUT2D eigenvalue weighted by Gasteiger charge is 2.54. The van der Waals surface area contributed by atoms with Crippen molar-refractivity contribution in [3.8, 4) is 28.1 Å². The van der Waals surface area contributed by atoms with E-state index in [1.54, 1.807) is 23.0 Å². The number of nitrogens with zero attached hydrogens (tertiary/aromatic N) is 7. The van der Waals surface area contributed by atoms with Gasteiger partial charge in [-0.25, -0.2) is 4.98 Å². The zero-order chi connectivity index (χ0) is 25.5. The molecule has 3 unspecified atom stereocenters. The standard InChI is InChI=1S/C26H18ClN9O2/c27-14-2-4-20(35-11-30-33-34-35)16(8-14)13-5-21-17-9-18(17)24(36(21)23(37)7-13)26-29-10-19(31-26)12-1-3-15-22(6-12)38-32-25(15)28/h1-8,10-11,17-18,24H,9H2,(H2,28,32)(H,29,31). The van der Waals surface area contributed by atoms with Crippen LogP contribution in [-0.2, 0) is 0 Å². The Bertz CT molecular complexity index is 1940. The average molecular weight is 524 g/mol. The van der Waals surface area contributed by atoms with Crippen molar-refractivity contribution in [1.29, 1.82) is 0 Å². The number of pyridine rings is 1. The Balaban J connectivity index is 1.20. The van der Waals surface area contributed by atoms with Crippen molar-refractivity contribution >= 4 is 28.4 Å². The monoisotopic (exact) mass is 523 g/mol. The molecule has 8 rings (SSSR count). The molecule has 12 heteroatoms. The topological polar surface area (TPSA) is 146 Å². The van der Waals surface area contributed by atoms with E-state index in [-0.39, 0.29) is 11.6 Å². The lowest BCUT2D eigenvalue weighted by Crippen LogP contribution is -2.26. The minimum absolute atomic E-state index is 0.0890. The molecule has 4 aromatic heterocycles. The summed E-state index contributed by atoms with van der Waals surface area (Å²) in [4.78, 5) is 21.7. The number of halogens is 1. The van der Waals surface area contributed by atoms with Crippen molar-refractivity contribution in [1.82, 2.24) is 39.9 Å². The van der Waals surface area contributed by atoms with Crippen molar-refractivity contribution < 1.29 is 4.52 Å². The lowest BCUT2D eigenvalue weighted by atomic mass is 10.0. The molecule has 2 aliphatic rings. The molecule has 0 saturated heterocycles. The van der Waals surface area contributed by atoms with E-state index < -0.39 is 0 Å². The molecule has 1 saturated carbocycles. The summed E-state index contributed by atoms with van der Waals surface area (Å²) < 4.78 is 8.75. The number of aromatic amines is 1. The van der Waals surface area contributed by atoms with E-state index in [4.69, 9.17) is 21.9 Å². The summed E-state index contributed by atoms with van der Waals surface area (Å²) in [7, 11) is 0. The second-order valence-electron chi connectivity index (χ2n) is 9.70. The number of nitrogens with two attached hydrogens (primary N) is 1. The Labute approximate surface area is 218 Å². The summed E-state index contributed by atoms with van der Waals surface area (Å²) in [5, 5.41) is 16.7. The third kappa shape index (κ3) is 3.08. The third-order valence-electron chi connectivity index (χ3n) is 7.55. The number of anilines is 1. The zero-order valence-corrected chi connectivity index (χ0v) is 20.4. The molecular weight excluding hydrogens is 506 g/mol. The van der Waals surface area contributed by atoms with Crippen LogP contribution in [0.1, 0.15) is 29.9 Å². The first-order chi connectivity index (χ1) is 18.5. The van der Waals surface area contributed by atoms with E-state index in [0.29, 0.717) is 28.3 Å². The number of nitrogens with one attached hydrogen (secondary N) is 1. The van der Waals surface area contributed by atoms with Crippen LogP contribution in [0.2, 0.25) is 5.02 Å². The van der Waals surface area contributed by atoms with Crippen LogP contribution in [0, 0.1) is 5.92 Å². The van der Waals surface area contributed by atoms with E-state index in [2.05, 4.69) is 36.7 Å². The minimum Gasteiger partial charge on any atom is -0.380 e. The summed E-state index contributed by atoms with van der Waals surface area (Å²) in [5.41, 5.74) is 11.4.